The van der Waals surface area contributed by atoms with Gasteiger partial charge < -0.3 is 10.4 Å². The molecule has 2 N–H and O–H groups in total. The molecule has 6 nitrogen and oxygen atoms in total. The number of benzene rings is 1. The van der Waals surface area contributed by atoms with Gasteiger partial charge in [0, 0.05) is 24.7 Å². The van der Waals surface area contributed by atoms with Gasteiger partial charge in [0.25, 0.3) is 5.91 Å². The second-order valence-corrected chi connectivity index (χ2v) is 7.49. The molecule has 0 saturated carbocycles. The van der Waals surface area contributed by atoms with Gasteiger partial charge in [-0.05, 0) is 31.0 Å². The standard InChI is InChI=1S/C13H17ClN2O4S/c1-21(19,20)16-6-2-3-10(8-16)15-13(18)9-4-5-12(17)11(14)7-9/h4-5,7,10,17H,2-3,6,8H2,1H3,(H,15,18)/t10-/m0/s1. The minimum Gasteiger partial charge on any atom is -0.506 e. The molecule has 1 aromatic rings. The number of hydrogen-bond donors (Lipinski definition) is 2. The third kappa shape index (κ3) is 4.09. The Balaban J connectivity index is 2.03. The maximum Gasteiger partial charge on any atom is 0.251 e. The fourth-order valence-corrected chi connectivity index (χ4v) is 3.37. The summed E-state index contributed by atoms with van der Waals surface area (Å²) < 4.78 is 24.4. The lowest BCUT2D eigenvalue weighted by Gasteiger charge is -2.31. The van der Waals surface area contributed by atoms with Gasteiger partial charge in [0.2, 0.25) is 10.0 Å². The van der Waals surface area contributed by atoms with Gasteiger partial charge in [-0.2, -0.15) is 0 Å². The summed E-state index contributed by atoms with van der Waals surface area (Å²) in [6.45, 7) is 0.757. The van der Waals surface area contributed by atoms with E-state index in [1.165, 1.54) is 22.5 Å². The largest absolute Gasteiger partial charge is 0.506 e. The van der Waals surface area contributed by atoms with Crippen molar-refractivity contribution in [2.75, 3.05) is 19.3 Å². The van der Waals surface area contributed by atoms with Crippen LogP contribution >= 0.6 is 11.6 Å². The van der Waals surface area contributed by atoms with Crippen molar-refractivity contribution >= 4 is 27.5 Å². The van der Waals surface area contributed by atoms with Crippen LogP contribution in [0.5, 0.6) is 5.75 Å². The quantitative estimate of drug-likeness (QED) is 0.870. The second-order valence-electron chi connectivity index (χ2n) is 5.10. The molecule has 1 aliphatic rings. The van der Waals surface area contributed by atoms with Gasteiger partial charge in [0.05, 0.1) is 11.3 Å². The number of piperidine rings is 1. The summed E-state index contributed by atoms with van der Waals surface area (Å²) in [4.78, 5) is 12.1. The average Bonchev–Trinajstić information content (AvgIpc) is 2.41. The molecule has 0 aliphatic carbocycles. The first-order valence-electron chi connectivity index (χ1n) is 6.52. The van der Waals surface area contributed by atoms with E-state index < -0.39 is 10.0 Å². The van der Waals surface area contributed by atoms with Crippen LogP contribution in [0.2, 0.25) is 5.02 Å². The highest BCUT2D eigenvalue weighted by Crippen LogP contribution is 2.23. The Kier molecular flexibility index (Phi) is 4.75. The molecule has 116 valence electrons. The maximum absolute atomic E-state index is 12.1. The minimum atomic E-state index is -3.24. The fraction of sp³-hybridized carbons (Fsp3) is 0.462. The molecular weight excluding hydrogens is 316 g/mol. The third-order valence-corrected chi connectivity index (χ3v) is 4.97. The van der Waals surface area contributed by atoms with Crippen molar-refractivity contribution < 1.29 is 18.3 Å². The molecule has 1 atom stereocenters. The highest BCUT2D eigenvalue weighted by Gasteiger charge is 2.27. The van der Waals surface area contributed by atoms with E-state index in [0.29, 0.717) is 18.5 Å². The number of aromatic hydroxyl groups is 1. The van der Waals surface area contributed by atoms with Crippen LogP contribution in [0.3, 0.4) is 0 Å². The monoisotopic (exact) mass is 332 g/mol. The number of halogens is 1. The van der Waals surface area contributed by atoms with Crippen molar-refractivity contribution in [2.45, 2.75) is 18.9 Å². The van der Waals surface area contributed by atoms with Crippen LogP contribution in [0, 0.1) is 0 Å². The first-order chi connectivity index (χ1) is 9.77. The van der Waals surface area contributed by atoms with Crippen LogP contribution in [-0.4, -0.2) is 49.1 Å². The molecule has 21 heavy (non-hydrogen) atoms. The summed E-state index contributed by atoms with van der Waals surface area (Å²) in [6.07, 6.45) is 2.59. The zero-order chi connectivity index (χ0) is 15.6. The predicted octanol–water partition coefficient (Wildman–Crippen LogP) is 1.20. The molecule has 0 spiro atoms. The molecule has 1 amide bonds. The number of carbonyl (C=O) groups excluding carboxylic acids is 1. The van der Waals surface area contributed by atoms with E-state index >= 15 is 0 Å². The van der Waals surface area contributed by atoms with Crippen LogP contribution in [0.15, 0.2) is 18.2 Å². The van der Waals surface area contributed by atoms with Crippen molar-refractivity contribution in [2.24, 2.45) is 0 Å². The Morgan fingerprint density at radius 1 is 1.48 bits per heavy atom. The highest BCUT2D eigenvalue weighted by molar-refractivity contribution is 7.88. The normalized spacial score (nSPS) is 20.2. The van der Waals surface area contributed by atoms with Gasteiger partial charge in [0.1, 0.15) is 5.75 Å². The molecule has 1 aromatic carbocycles. The van der Waals surface area contributed by atoms with Crippen molar-refractivity contribution in [3.8, 4) is 5.75 Å². The SMILES string of the molecule is CS(=O)(=O)N1CCC[C@H](NC(=O)c2ccc(O)c(Cl)c2)C1. The molecule has 0 aromatic heterocycles. The summed E-state index contributed by atoms with van der Waals surface area (Å²) in [5, 5.41) is 12.2. The van der Waals surface area contributed by atoms with Crippen molar-refractivity contribution in [1.29, 1.82) is 0 Å². The first-order valence-corrected chi connectivity index (χ1v) is 8.74. The highest BCUT2D eigenvalue weighted by atomic mass is 35.5. The second kappa shape index (κ2) is 6.21. The average molecular weight is 333 g/mol. The van der Waals surface area contributed by atoms with Gasteiger partial charge in [0.15, 0.2) is 0 Å². The van der Waals surface area contributed by atoms with Gasteiger partial charge in [-0.15, -0.1) is 0 Å². The fourth-order valence-electron chi connectivity index (χ4n) is 2.28. The number of rotatable bonds is 3. The lowest BCUT2D eigenvalue weighted by Crippen LogP contribution is -2.49. The smallest absolute Gasteiger partial charge is 0.251 e. The Labute approximate surface area is 128 Å². The van der Waals surface area contributed by atoms with E-state index in [0.717, 1.165) is 12.7 Å². The topological polar surface area (TPSA) is 86.7 Å². The molecule has 1 saturated heterocycles. The Morgan fingerprint density at radius 2 is 2.19 bits per heavy atom. The van der Waals surface area contributed by atoms with E-state index in [9.17, 15) is 18.3 Å². The van der Waals surface area contributed by atoms with E-state index in [1.54, 1.807) is 0 Å². The summed E-state index contributed by atoms with van der Waals surface area (Å²) in [7, 11) is -3.24. The summed E-state index contributed by atoms with van der Waals surface area (Å²) >= 11 is 5.77. The van der Waals surface area contributed by atoms with Gasteiger partial charge in [-0.1, -0.05) is 11.6 Å². The minimum absolute atomic E-state index is 0.0888. The molecule has 1 fully saturated rings. The van der Waals surface area contributed by atoms with E-state index in [1.807, 2.05) is 0 Å². The number of nitrogens with zero attached hydrogens (tertiary/aromatic N) is 1. The number of amides is 1. The van der Waals surface area contributed by atoms with E-state index in [-0.39, 0.29) is 29.3 Å². The molecule has 0 bridgehead atoms. The maximum atomic E-state index is 12.1. The van der Waals surface area contributed by atoms with Crippen molar-refractivity contribution in [3.63, 3.8) is 0 Å². The van der Waals surface area contributed by atoms with Crippen LogP contribution in [-0.2, 0) is 10.0 Å². The van der Waals surface area contributed by atoms with Crippen molar-refractivity contribution in [1.82, 2.24) is 9.62 Å². The van der Waals surface area contributed by atoms with Crippen LogP contribution in [0.25, 0.3) is 0 Å². The number of nitrogens with one attached hydrogen (secondary N) is 1. The summed E-state index contributed by atoms with van der Waals surface area (Å²) in [6, 6.07) is 3.96. The Morgan fingerprint density at radius 3 is 2.81 bits per heavy atom. The van der Waals surface area contributed by atoms with Crippen LogP contribution in [0.1, 0.15) is 23.2 Å². The summed E-state index contributed by atoms with van der Waals surface area (Å²) in [5.41, 5.74) is 0.328. The van der Waals surface area contributed by atoms with Crippen molar-refractivity contribution in [3.05, 3.63) is 28.8 Å². The number of phenolic OH excluding ortho intramolecular Hbond substituents is 1. The zero-order valence-electron chi connectivity index (χ0n) is 11.5. The molecule has 1 heterocycles. The van der Waals surface area contributed by atoms with Crippen LogP contribution < -0.4 is 5.32 Å². The zero-order valence-corrected chi connectivity index (χ0v) is 13.1. The first kappa shape index (κ1) is 16.1. The molecule has 0 unspecified atom stereocenters. The molecule has 2 rings (SSSR count). The molecule has 1 aliphatic heterocycles. The molecule has 8 heteroatoms. The van der Waals surface area contributed by atoms with Gasteiger partial charge >= 0.3 is 0 Å². The number of hydrogen-bond acceptors (Lipinski definition) is 4. The van der Waals surface area contributed by atoms with Crippen LogP contribution in [0.4, 0.5) is 0 Å². The lowest BCUT2D eigenvalue weighted by atomic mass is 10.1. The lowest BCUT2D eigenvalue weighted by molar-refractivity contribution is 0.0921. The number of sulfonamides is 1. The van der Waals surface area contributed by atoms with Gasteiger partial charge in [-0.25, -0.2) is 12.7 Å². The number of phenols is 1. The predicted molar refractivity (Wildman–Crippen MR) is 80.0 cm³/mol. The Bertz CT molecular complexity index is 648. The third-order valence-electron chi connectivity index (χ3n) is 3.40. The summed E-state index contributed by atoms with van der Waals surface area (Å²) in [5.74, 6) is -0.425. The van der Waals surface area contributed by atoms with Gasteiger partial charge in [-0.3, -0.25) is 4.79 Å². The molecule has 0 radical (unpaired) electrons. The number of carbonyl (C=O) groups is 1. The molecular formula is C13H17ClN2O4S. The Hall–Kier alpha value is -1.31. The van der Waals surface area contributed by atoms with E-state index in [2.05, 4.69) is 5.32 Å². The van der Waals surface area contributed by atoms with E-state index in [4.69, 9.17) is 11.6 Å².